The number of nitrogens with one attached hydrogen (secondary N) is 1. The Bertz CT molecular complexity index is 691. The van der Waals surface area contributed by atoms with Crippen molar-refractivity contribution >= 4 is 35.2 Å². The number of carbonyl (C=O) groups excluding carboxylic acids is 2. The normalized spacial score (nSPS) is 23.9. The first kappa shape index (κ1) is 16.8. The highest BCUT2D eigenvalue weighted by atomic mass is 32.2. The third kappa shape index (κ3) is 3.40. The molecule has 2 amide bonds. The third-order valence-electron chi connectivity index (χ3n) is 4.58. The molecule has 6 nitrogen and oxygen atoms in total. The van der Waals surface area contributed by atoms with Gasteiger partial charge in [-0.3, -0.25) is 14.4 Å². The second kappa shape index (κ2) is 6.84. The summed E-state index contributed by atoms with van der Waals surface area (Å²) in [6.45, 7) is 2.17. The van der Waals surface area contributed by atoms with Crippen LogP contribution in [0.1, 0.15) is 36.5 Å². The number of thioether (sulfide) groups is 1. The fourth-order valence-electron chi connectivity index (χ4n) is 3.11. The van der Waals surface area contributed by atoms with E-state index in [0.29, 0.717) is 30.5 Å². The maximum absolute atomic E-state index is 12.8. The Balaban J connectivity index is 1.84. The number of carboxylic acids is 1. The first-order chi connectivity index (χ1) is 11.5. The zero-order valence-electron chi connectivity index (χ0n) is 13.4. The van der Waals surface area contributed by atoms with Crippen molar-refractivity contribution in [2.75, 3.05) is 17.6 Å². The average molecular weight is 348 g/mol. The van der Waals surface area contributed by atoms with Crippen LogP contribution in [0.25, 0.3) is 0 Å². The number of hydrogen-bond donors (Lipinski definition) is 2. The molecule has 1 aromatic carbocycles. The minimum Gasteiger partial charge on any atom is -0.481 e. The summed E-state index contributed by atoms with van der Waals surface area (Å²) in [5, 5.41) is 12.1. The quantitative estimate of drug-likeness (QED) is 0.857. The summed E-state index contributed by atoms with van der Waals surface area (Å²) in [6.07, 6.45) is 1.73. The number of nitrogens with zero attached hydrogens (tertiary/aromatic N) is 1. The Labute approximate surface area is 144 Å². The van der Waals surface area contributed by atoms with Gasteiger partial charge in [-0.15, -0.1) is 11.8 Å². The monoisotopic (exact) mass is 348 g/mol. The molecule has 2 atom stereocenters. The van der Waals surface area contributed by atoms with Gasteiger partial charge in [0.2, 0.25) is 5.91 Å². The van der Waals surface area contributed by atoms with Crippen LogP contribution in [0, 0.1) is 5.92 Å². The Morgan fingerprint density at radius 1 is 1.33 bits per heavy atom. The fraction of sp³-hybridized carbons (Fsp3) is 0.471. The molecule has 0 spiro atoms. The first-order valence-corrected chi connectivity index (χ1v) is 9.04. The molecule has 0 aliphatic carbocycles. The van der Waals surface area contributed by atoms with Crippen molar-refractivity contribution in [2.24, 2.45) is 5.92 Å². The van der Waals surface area contributed by atoms with E-state index < -0.39 is 11.9 Å². The third-order valence-corrected chi connectivity index (χ3v) is 5.65. The van der Waals surface area contributed by atoms with Gasteiger partial charge in [0, 0.05) is 35.2 Å². The molecule has 128 valence electrons. The van der Waals surface area contributed by atoms with Gasteiger partial charge in [0.15, 0.2) is 0 Å². The summed E-state index contributed by atoms with van der Waals surface area (Å²) in [7, 11) is 0. The first-order valence-electron chi connectivity index (χ1n) is 8.06. The molecule has 2 aliphatic rings. The van der Waals surface area contributed by atoms with Crippen molar-refractivity contribution in [3.05, 3.63) is 23.8 Å². The number of aliphatic carboxylic acids is 1. The molecule has 0 radical (unpaired) electrons. The van der Waals surface area contributed by atoms with E-state index in [2.05, 4.69) is 5.32 Å². The molecule has 1 aromatic rings. The zero-order valence-corrected chi connectivity index (χ0v) is 14.3. The van der Waals surface area contributed by atoms with Crippen molar-refractivity contribution in [3.63, 3.8) is 0 Å². The Morgan fingerprint density at radius 3 is 2.88 bits per heavy atom. The molecule has 7 heteroatoms. The SMILES string of the molecule is CC1CCC(C(=O)O)CN1C(=O)c1ccc2c(c1)NC(=O)CCS2. The highest BCUT2D eigenvalue weighted by Crippen LogP contribution is 2.32. The lowest BCUT2D eigenvalue weighted by atomic mass is 9.93. The lowest BCUT2D eigenvalue weighted by molar-refractivity contribution is -0.143. The average Bonchev–Trinajstić information content (AvgIpc) is 2.74. The summed E-state index contributed by atoms with van der Waals surface area (Å²) >= 11 is 1.59. The maximum Gasteiger partial charge on any atom is 0.308 e. The highest BCUT2D eigenvalue weighted by molar-refractivity contribution is 7.99. The van der Waals surface area contributed by atoms with Crippen LogP contribution in [0.2, 0.25) is 0 Å². The number of amides is 2. The van der Waals surface area contributed by atoms with Gasteiger partial charge in [0.1, 0.15) is 0 Å². The van der Waals surface area contributed by atoms with Gasteiger partial charge in [-0.05, 0) is 38.0 Å². The van der Waals surface area contributed by atoms with E-state index in [1.165, 1.54) is 0 Å². The van der Waals surface area contributed by atoms with Gasteiger partial charge < -0.3 is 15.3 Å². The van der Waals surface area contributed by atoms with Gasteiger partial charge in [0.05, 0.1) is 11.6 Å². The van der Waals surface area contributed by atoms with Gasteiger partial charge in [0.25, 0.3) is 5.91 Å². The van der Waals surface area contributed by atoms with Gasteiger partial charge in [-0.2, -0.15) is 0 Å². The smallest absolute Gasteiger partial charge is 0.308 e. The van der Waals surface area contributed by atoms with E-state index in [-0.39, 0.29) is 24.4 Å². The number of anilines is 1. The van der Waals surface area contributed by atoms with E-state index in [1.54, 1.807) is 28.8 Å². The maximum atomic E-state index is 12.8. The summed E-state index contributed by atoms with van der Waals surface area (Å²) in [5.74, 6) is -0.885. The highest BCUT2D eigenvalue weighted by Gasteiger charge is 2.33. The second-order valence-corrected chi connectivity index (χ2v) is 7.41. The molecule has 3 rings (SSSR count). The molecule has 0 saturated carbocycles. The molecular weight excluding hydrogens is 328 g/mol. The Kier molecular flexibility index (Phi) is 4.80. The van der Waals surface area contributed by atoms with Crippen LogP contribution < -0.4 is 5.32 Å². The van der Waals surface area contributed by atoms with E-state index in [1.807, 2.05) is 13.0 Å². The molecule has 2 heterocycles. The predicted molar refractivity (Wildman–Crippen MR) is 91.3 cm³/mol. The molecule has 0 aromatic heterocycles. The van der Waals surface area contributed by atoms with E-state index >= 15 is 0 Å². The molecule has 24 heavy (non-hydrogen) atoms. The topological polar surface area (TPSA) is 86.7 Å². The number of likely N-dealkylation sites (tertiary alicyclic amines) is 1. The van der Waals surface area contributed by atoms with Crippen LogP contribution in [0.3, 0.4) is 0 Å². The van der Waals surface area contributed by atoms with E-state index in [4.69, 9.17) is 0 Å². The van der Waals surface area contributed by atoms with Crippen LogP contribution in [0.4, 0.5) is 5.69 Å². The minimum absolute atomic E-state index is 0.0101. The second-order valence-electron chi connectivity index (χ2n) is 6.28. The zero-order chi connectivity index (χ0) is 17.3. The molecular formula is C17H20N2O4S. The number of fused-ring (bicyclic) bond motifs is 1. The minimum atomic E-state index is -0.856. The number of carboxylic acid groups (broad SMARTS) is 1. The predicted octanol–water partition coefficient (Wildman–Crippen LogP) is 2.45. The molecule has 2 N–H and O–H groups in total. The standard InChI is InChI=1S/C17H20N2O4S/c1-10-2-3-12(17(22)23)9-19(10)16(21)11-4-5-14-13(8-11)18-15(20)6-7-24-14/h4-5,8,10,12H,2-3,6-7,9H2,1H3,(H,18,20)(H,22,23). The van der Waals surface area contributed by atoms with Crippen molar-refractivity contribution < 1.29 is 19.5 Å². The summed E-state index contributed by atoms with van der Waals surface area (Å²) in [4.78, 5) is 38.4. The number of piperidine rings is 1. The lowest BCUT2D eigenvalue weighted by Gasteiger charge is -2.36. The summed E-state index contributed by atoms with van der Waals surface area (Å²) in [6, 6.07) is 5.31. The molecule has 2 unspecified atom stereocenters. The van der Waals surface area contributed by atoms with Gasteiger partial charge in [-0.1, -0.05) is 0 Å². The Hall–Kier alpha value is -2.02. The fourth-order valence-corrected chi connectivity index (χ4v) is 4.05. The number of rotatable bonds is 2. The van der Waals surface area contributed by atoms with Crippen LogP contribution in [0.15, 0.2) is 23.1 Å². The number of hydrogen-bond acceptors (Lipinski definition) is 4. The molecule has 1 saturated heterocycles. The van der Waals surface area contributed by atoms with Crippen LogP contribution >= 0.6 is 11.8 Å². The molecule has 2 aliphatic heterocycles. The molecule has 0 bridgehead atoms. The van der Waals surface area contributed by atoms with Crippen molar-refractivity contribution in [3.8, 4) is 0 Å². The van der Waals surface area contributed by atoms with Crippen molar-refractivity contribution in [1.29, 1.82) is 0 Å². The van der Waals surface area contributed by atoms with Gasteiger partial charge >= 0.3 is 5.97 Å². The largest absolute Gasteiger partial charge is 0.481 e. The van der Waals surface area contributed by atoms with Crippen LogP contribution in [0.5, 0.6) is 0 Å². The van der Waals surface area contributed by atoms with E-state index in [9.17, 15) is 19.5 Å². The van der Waals surface area contributed by atoms with Crippen LogP contribution in [-0.2, 0) is 9.59 Å². The number of benzene rings is 1. The lowest BCUT2D eigenvalue weighted by Crippen LogP contribution is -2.47. The Morgan fingerprint density at radius 2 is 2.12 bits per heavy atom. The summed E-state index contributed by atoms with van der Waals surface area (Å²) in [5.41, 5.74) is 1.14. The van der Waals surface area contributed by atoms with E-state index in [0.717, 1.165) is 10.6 Å². The van der Waals surface area contributed by atoms with Crippen molar-refractivity contribution in [2.45, 2.75) is 37.1 Å². The summed E-state index contributed by atoms with van der Waals surface area (Å²) < 4.78 is 0. The van der Waals surface area contributed by atoms with Crippen molar-refractivity contribution in [1.82, 2.24) is 4.90 Å². The van der Waals surface area contributed by atoms with Gasteiger partial charge in [-0.25, -0.2) is 0 Å². The molecule has 1 fully saturated rings. The number of carbonyl (C=O) groups is 3. The van der Waals surface area contributed by atoms with Crippen LogP contribution in [-0.4, -0.2) is 46.1 Å².